The lowest BCUT2D eigenvalue weighted by Gasteiger charge is -2.11. The second-order valence-electron chi connectivity index (χ2n) is 3.86. The van der Waals surface area contributed by atoms with Crippen molar-refractivity contribution >= 4 is 6.29 Å². The minimum atomic E-state index is 0.760. The Morgan fingerprint density at radius 1 is 1.36 bits per heavy atom. The van der Waals surface area contributed by atoms with Gasteiger partial charge in [0.05, 0.1) is 0 Å². The van der Waals surface area contributed by atoms with E-state index in [2.05, 4.69) is 25.9 Å². The van der Waals surface area contributed by atoms with Crippen molar-refractivity contribution in [2.24, 2.45) is 0 Å². The molecule has 1 rings (SSSR count). The molecule has 0 aromatic heterocycles. The van der Waals surface area contributed by atoms with Gasteiger partial charge in [-0.3, -0.25) is 4.79 Å². The van der Waals surface area contributed by atoms with E-state index in [0.29, 0.717) is 0 Å². The zero-order chi connectivity index (χ0) is 10.6. The minimum absolute atomic E-state index is 0.760. The van der Waals surface area contributed by atoms with Crippen LogP contribution in [0.5, 0.6) is 0 Å². The maximum atomic E-state index is 10.5. The maximum Gasteiger partial charge on any atom is 0.150 e. The summed E-state index contributed by atoms with van der Waals surface area (Å²) >= 11 is 0. The van der Waals surface area contributed by atoms with E-state index in [9.17, 15) is 4.79 Å². The fourth-order valence-corrected chi connectivity index (χ4v) is 1.42. The van der Waals surface area contributed by atoms with Gasteiger partial charge in [0.25, 0.3) is 0 Å². The van der Waals surface area contributed by atoms with Crippen molar-refractivity contribution in [3.8, 4) is 0 Å². The topological polar surface area (TPSA) is 20.3 Å². The van der Waals surface area contributed by atoms with Gasteiger partial charge in [-0.2, -0.15) is 0 Å². The molecular weight excluding hydrogens is 174 g/mol. The standard InChI is InChI=1S/C12H17NO/c1-10-8-11(9-14)4-5-12(10)6-7-13(2)3/h4-5,8-9H,6-7H2,1-3H3. The summed E-state index contributed by atoms with van der Waals surface area (Å²) in [6, 6.07) is 5.87. The second-order valence-corrected chi connectivity index (χ2v) is 3.86. The van der Waals surface area contributed by atoms with Crippen molar-refractivity contribution in [3.63, 3.8) is 0 Å². The van der Waals surface area contributed by atoms with Gasteiger partial charge in [-0.05, 0) is 44.6 Å². The van der Waals surface area contributed by atoms with Crippen LogP contribution in [0.25, 0.3) is 0 Å². The van der Waals surface area contributed by atoms with Crippen LogP contribution >= 0.6 is 0 Å². The summed E-state index contributed by atoms with van der Waals surface area (Å²) in [7, 11) is 4.13. The molecule has 0 atom stereocenters. The Bertz CT molecular complexity index is 318. The Labute approximate surface area is 85.5 Å². The van der Waals surface area contributed by atoms with Gasteiger partial charge < -0.3 is 4.90 Å². The van der Waals surface area contributed by atoms with Crippen LogP contribution in [0.2, 0.25) is 0 Å². The first-order valence-electron chi connectivity index (χ1n) is 4.83. The summed E-state index contributed by atoms with van der Waals surface area (Å²) in [6.07, 6.45) is 1.93. The molecule has 1 aromatic carbocycles. The third-order valence-electron chi connectivity index (χ3n) is 2.33. The number of rotatable bonds is 4. The number of aldehydes is 1. The molecule has 0 N–H and O–H groups in total. The van der Waals surface area contributed by atoms with Crippen molar-refractivity contribution in [2.45, 2.75) is 13.3 Å². The van der Waals surface area contributed by atoms with Gasteiger partial charge in [-0.15, -0.1) is 0 Å². The van der Waals surface area contributed by atoms with E-state index in [1.807, 2.05) is 18.2 Å². The van der Waals surface area contributed by atoms with E-state index in [-0.39, 0.29) is 0 Å². The normalized spacial score (nSPS) is 10.6. The number of nitrogens with zero attached hydrogens (tertiary/aromatic N) is 1. The molecule has 0 aliphatic rings. The lowest BCUT2D eigenvalue weighted by atomic mass is 10.0. The molecule has 1 aromatic rings. The van der Waals surface area contributed by atoms with E-state index in [1.54, 1.807) is 0 Å². The van der Waals surface area contributed by atoms with E-state index in [4.69, 9.17) is 0 Å². The SMILES string of the molecule is Cc1cc(C=O)ccc1CCN(C)C. The van der Waals surface area contributed by atoms with Crippen molar-refractivity contribution in [3.05, 3.63) is 34.9 Å². The van der Waals surface area contributed by atoms with Crippen LogP contribution in [-0.2, 0) is 6.42 Å². The molecule has 2 nitrogen and oxygen atoms in total. The van der Waals surface area contributed by atoms with Crippen LogP contribution < -0.4 is 0 Å². The Morgan fingerprint density at radius 2 is 2.07 bits per heavy atom. The summed E-state index contributed by atoms with van der Waals surface area (Å²) in [5.41, 5.74) is 3.29. The van der Waals surface area contributed by atoms with E-state index >= 15 is 0 Å². The lowest BCUT2D eigenvalue weighted by molar-refractivity contribution is 0.112. The highest BCUT2D eigenvalue weighted by molar-refractivity contribution is 5.75. The molecule has 0 saturated heterocycles. The quantitative estimate of drug-likeness (QED) is 0.678. The van der Waals surface area contributed by atoms with E-state index in [0.717, 1.165) is 24.8 Å². The molecule has 0 aliphatic carbocycles. The number of carbonyl (C=O) groups excluding carboxylic acids is 1. The molecule has 0 spiro atoms. The molecule has 0 fully saturated rings. The third-order valence-corrected chi connectivity index (χ3v) is 2.33. The molecule has 0 saturated carbocycles. The van der Waals surface area contributed by atoms with E-state index < -0.39 is 0 Å². The van der Waals surface area contributed by atoms with Gasteiger partial charge in [0.15, 0.2) is 0 Å². The van der Waals surface area contributed by atoms with Crippen molar-refractivity contribution in [1.29, 1.82) is 0 Å². The van der Waals surface area contributed by atoms with Crippen molar-refractivity contribution in [2.75, 3.05) is 20.6 Å². The number of carbonyl (C=O) groups is 1. The average Bonchev–Trinajstić information content (AvgIpc) is 2.15. The van der Waals surface area contributed by atoms with Crippen LogP contribution in [-0.4, -0.2) is 31.8 Å². The van der Waals surface area contributed by atoms with Gasteiger partial charge in [-0.25, -0.2) is 0 Å². The lowest BCUT2D eigenvalue weighted by Crippen LogP contribution is -2.15. The first-order valence-corrected chi connectivity index (χ1v) is 4.83. The number of aryl methyl sites for hydroxylation is 1. The molecule has 0 aliphatic heterocycles. The molecule has 0 amide bonds. The second kappa shape index (κ2) is 4.91. The third kappa shape index (κ3) is 2.96. The van der Waals surface area contributed by atoms with Crippen LogP contribution in [0.15, 0.2) is 18.2 Å². The Kier molecular flexibility index (Phi) is 3.84. The number of benzene rings is 1. The van der Waals surface area contributed by atoms with Gasteiger partial charge in [0.2, 0.25) is 0 Å². The Morgan fingerprint density at radius 3 is 2.57 bits per heavy atom. The first kappa shape index (κ1) is 10.9. The largest absolute Gasteiger partial charge is 0.309 e. The van der Waals surface area contributed by atoms with Crippen molar-refractivity contribution in [1.82, 2.24) is 4.90 Å². The molecule has 0 heterocycles. The first-order chi connectivity index (χ1) is 6.63. The predicted octanol–water partition coefficient (Wildman–Crippen LogP) is 1.91. The zero-order valence-corrected chi connectivity index (χ0v) is 9.08. The smallest absolute Gasteiger partial charge is 0.150 e. The average molecular weight is 191 g/mol. The van der Waals surface area contributed by atoms with E-state index in [1.165, 1.54) is 11.1 Å². The van der Waals surface area contributed by atoms with Crippen molar-refractivity contribution < 1.29 is 4.79 Å². The highest BCUT2D eigenvalue weighted by atomic mass is 16.1. The fourth-order valence-electron chi connectivity index (χ4n) is 1.42. The van der Waals surface area contributed by atoms with Gasteiger partial charge in [0, 0.05) is 12.1 Å². The molecule has 2 heteroatoms. The molecule has 0 bridgehead atoms. The molecule has 0 radical (unpaired) electrons. The number of hydrogen-bond donors (Lipinski definition) is 0. The van der Waals surface area contributed by atoms with Crippen LogP contribution in [0, 0.1) is 6.92 Å². The van der Waals surface area contributed by atoms with Crippen LogP contribution in [0.1, 0.15) is 21.5 Å². The summed E-state index contributed by atoms with van der Waals surface area (Å²) in [4.78, 5) is 12.7. The van der Waals surface area contributed by atoms with Crippen LogP contribution in [0.4, 0.5) is 0 Å². The van der Waals surface area contributed by atoms with Gasteiger partial charge in [-0.1, -0.05) is 12.1 Å². The summed E-state index contributed by atoms with van der Waals surface area (Å²) < 4.78 is 0. The van der Waals surface area contributed by atoms with Crippen LogP contribution in [0.3, 0.4) is 0 Å². The molecule has 14 heavy (non-hydrogen) atoms. The summed E-state index contributed by atoms with van der Waals surface area (Å²) in [5, 5.41) is 0. The molecule has 0 unspecified atom stereocenters. The molecular formula is C12H17NO. The number of likely N-dealkylation sites (N-methyl/N-ethyl adjacent to an activating group) is 1. The molecule has 76 valence electrons. The predicted molar refractivity (Wildman–Crippen MR) is 58.8 cm³/mol. The summed E-state index contributed by atoms with van der Waals surface area (Å²) in [5.74, 6) is 0. The van der Waals surface area contributed by atoms with Gasteiger partial charge >= 0.3 is 0 Å². The number of hydrogen-bond acceptors (Lipinski definition) is 2. The Hall–Kier alpha value is -1.15. The zero-order valence-electron chi connectivity index (χ0n) is 9.08. The minimum Gasteiger partial charge on any atom is -0.309 e. The summed E-state index contributed by atoms with van der Waals surface area (Å²) in [6.45, 7) is 3.10. The maximum absolute atomic E-state index is 10.5. The van der Waals surface area contributed by atoms with Gasteiger partial charge in [0.1, 0.15) is 6.29 Å². The fraction of sp³-hybridized carbons (Fsp3) is 0.417. The highest BCUT2D eigenvalue weighted by Gasteiger charge is 2.00. The highest BCUT2D eigenvalue weighted by Crippen LogP contribution is 2.10. The Balaban J connectivity index is 2.73. The monoisotopic (exact) mass is 191 g/mol.